The Labute approximate surface area is 212 Å². The van der Waals surface area contributed by atoms with E-state index in [1.807, 2.05) is 12.1 Å². The van der Waals surface area contributed by atoms with E-state index in [1.165, 1.54) is 24.8 Å². The number of ether oxygens (including phenoxy) is 1. The maximum atomic E-state index is 13.8. The fourth-order valence-electron chi connectivity index (χ4n) is 5.66. The summed E-state index contributed by atoms with van der Waals surface area (Å²) in [5.41, 5.74) is 2.15. The molecule has 2 fully saturated rings. The summed E-state index contributed by atoms with van der Waals surface area (Å²) in [6.07, 6.45) is 7.29. The number of carbonyl (C=O) groups is 2. The van der Waals surface area contributed by atoms with Crippen LogP contribution in [0.4, 0.5) is 0 Å². The quantitative estimate of drug-likeness (QED) is 0.450. The number of nitrogens with zero attached hydrogens (tertiary/aromatic N) is 2. The number of thiophene rings is 1. The molecule has 0 atom stereocenters. The molecule has 5 rings (SSSR count). The maximum absolute atomic E-state index is 13.8. The molecule has 5 nitrogen and oxygen atoms in total. The first kappa shape index (κ1) is 24.2. The summed E-state index contributed by atoms with van der Waals surface area (Å²) < 4.78 is 4.81. The number of hydrogen-bond acceptors (Lipinski definition) is 5. The second-order valence-corrected chi connectivity index (χ2v) is 12.6. The summed E-state index contributed by atoms with van der Waals surface area (Å²) in [5.74, 6) is 1.08. The number of rotatable bonds is 6. The minimum Gasteiger partial charge on any atom is -0.465 e. The number of hydrogen-bond donors (Lipinski definition) is 0. The zero-order valence-electron chi connectivity index (χ0n) is 21.3. The van der Waals surface area contributed by atoms with Crippen LogP contribution in [-0.2, 0) is 16.0 Å². The van der Waals surface area contributed by atoms with Crippen molar-refractivity contribution in [1.29, 1.82) is 0 Å². The zero-order chi connectivity index (χ0) is 24.8. The van der Waals surface area contributed by atoms with E-state index < -0.39 is 5.66 Å². The highest BCUT2D eigenvalue weighted by atomic mass is 32.1. The average Bonchev–Trinajstić information content (AvgIpc) is 3.52. The standard InChI is InChI=1S/C29H36N2O3S/c1-28(2,3)22-13-16-29(17-14-22)30-25(24-12-11-23(35-24)20-9-10-20)26(32)31(29)18-15-19-5-7-21(8-6-19)27(33)34-4/h5-8,11-12,20,22H,9-10,13-18H2,1-4H3. The molecule has 1 aliphatic heterocycles. The highest BCUT2D eigenvalue weighted by Gasteiger charge is 2.50. The topological polar surface area (TPSA) is 59.0 Å². The highest BCUT2D eigenvalue weighted by Crippen LogP contribution is 2.48. The molecule has 0 bridgehead atoms. The molecule has 0 radical (unpaired) electrons. The molecule has 6 heteroatoms. The predicted octanol–water partition coefficient (Wildman–Crippen LogP) is 6.22. The first-order valence-electron chi connectivity index (χ1n) is 12.9. The van der Waals surface area contributed by atoms with E-state index in [-0.39, 0.29) is 17.3 Å². The van der Waals surface area contributed by atoms with Gasteiger partial charge in [-0.05, 0) is 92.0 Å². The fraction of sp³-hybridized carbons (Fsp3) is 0.552. The molecular formula is C29H36N2O3S. The van der Waals surface area contributed by atoms with Crippen LogP contribution in [0.1, 0.15) is 90.9 Å². The van der Waals surface area contributed by atoms with Gasteiger partial charge in [-0.3, -0.25) is 9.79 Å². The van der Waals surface area contributed by atoms with Crippen LogP contribution in [0.3, 0.4) is 0 Å². The molecule has 186 valence electrons. The Morgan fingerprint density at radius 3 is 2.37 bits per heavy atom. The molecule has 3 aliphatic rings. The zero-order valence-corrected chi connectivity index (χ0v) is 22.1. The normalized spacial score (nSPS) is 24.7. The number of benzene rings is 1. The Morgan fingerprint density at radius 2 is 1.77 bits per heavy atom. The van der Waals surface area contributed by atoms with Gasteiger partial charge in [0.2, 0.25) is 0 Å². The fourth-order valence-corrected chi connectivity index (χ4v) is 6.82. The van der Waals surface area contributed by atoms with Gasteiger partial charge in [0.05, 0.1) is 17.6 Å². The Morgan fingerprint density at radius 1 is 1.09 bits per heavy atom. The summed E-state index contributed by atoms with van der Waals surface area (Å²) in [6, 6.07) is 11.8. The van der Waals surface area contributed by atoms with Gasteiger partial charge in [0.15, 0.2) is 0 Å². The summed E-state index contributed by atoms with van der Waals surface area (Å²) in [7, 11) is 1.39. The highest BCUT2D eigenvalue weighted by molar-refractivity contribution is 7.15. The van der Waals surface area contributed by atoms with Gasteiger partial charge in [0.1, 0.15) is 11.4 Å². The van der Waals surface area contributed by atoms with Gasteiger partial charge in [-0.2, -0.15) is 0 Å². The summed E-state index contributed by atoms with van der Waals surface area (Å²) >= 11 is 1.76. The van der Waals surface area contributed by atoms with Crippen LogP contribution in [-0.4, -0.2) is 41.8 Å². The van der Waals surface area contributed by atoms with E-state index in [1.54, 1.807) is 23.5 Å². The van der Waals surface area contributed by atoms with E-state index in [0.29, 0.717) is 29.7 Å². The number of methoxy groups -OCH3 is 1. The van der Waals surface area contributed by atoms with Crippen molar-refractivity contribution in [2.24, 2.45) is 16.3 Å². The van der Waals surface area contributed by atoms with Crippen LogP contribution in [0.15, 0.2) is 41.4 Å². The SMILES string of the molecule is COC(=O)c1ccc(CCN2C(=O)C(c3ccc(C4CC4)s3)=NC23CCC(C(C)(C)C)CC3)cc1. The van der Waals surface area contributed by atoms with Crippen LogP contribution in [0, 0.1) is 11.3 Å². The average molecular weight is 493 g/mol. The Bertz CT molecular complexity index is 1130. The molecule has 2 saturated carbocycles. The molecule has 0 N–H and O–H groups in total. The van der Waals surface area contributed by atoms with Crippen LogP contribution >= 0.6 is 11.3 Å². The van der Waals surface area contributed by atoms with Crippen LogP contribution in [0.25, 0.3) is 0 Å². The van der Waals surface area contributed by atoms with Crippen molar-refractivity contribution in [3.8, 4) is 0 Å². The van der Waals surface area contributed by atoms with Gasteiger partial charge in [-0.25, -0.2) is 4.79 Å². The molecule has 1 aromatic heterocycles. The van der Waals surface area contributed by atoms with Gasteiger partial charge in [-0.15, -0.1) is 11.3 Å². The molecule has 0 unspecified atom stereocenters. The van der Waals surface area contributed by atoms with E-state index in [0.717, 1.165) is 42.5 Å². The number of amides is 1. The smallest absolute Gasteiger partial charge is 0.337 e. The van der Waals surface area contributed by atoms with Crippen molar-refractivity contribution in [3.63, 3.8) is 0 Å². The van der Waals surface area contributed by atoms with Gasteiger partial charge in [0.25, 0.3) is 5.91 Å². The Balaban J connectivity index is 1.37. The predicted molar refractivity (Wildman–Crippen MR) is 140 cm³/mol. The molecule has 35 heavy (non-hydrogen) atoms. The van der Waals surface area contributed by atoms with Crippen molar-refractivity contribution in [2.45, 2.75) is 77.3 Å². The lowest BCUT2D eigenvalue weighted by Gasteiger charge is -2.45. The van der Waals surface area contributed by atoms with Gasteiger partial charge < -0.3 is 9.64 Å². The second-order valence-electron chi connectivity index (χ2n) is 11.5. The molecular weight excluding hydrogens is 456 g/mol. The minimum atomic E-state index is -0.427. The van der Waals surface area contributed by atoms with Crippen molar-refractivity contribution in [3.05, 3.63) is 57.3 Å². The summed E-state index contributed by atoms with van der Waals surface area (Å²) in [6.45, 7) is 7.60. The molecule has 1 aromatic carbocycles. The Kier molecular flexibility index (Phi) is 6.37. The van der Waals surface area contributed by atoms with Crippen molar-refractivity contribution < 1.29 is 14.3 Å². The van der Waals surface area contributed by atoms with Crippen molar-refractivity contribution >= 4 is 28.9 Å². The molecule has 2 heterocycles. The van der Waals surface area contributed by atoms with E-state index in [9.17, 15) is 9.59 Å². The van der Waals surface area contributed by atoms with E-state index in [2.05, 4.69) is 37.8 Å². The van der Waals surface area contributed by atoms with Crippen LogP contribution in [0.2, 0.25) is 0 Å². The lowest BCUT2D eigenvalue weighted by Crippen LogP contribution is -2.50. The third-order valence-corrected chi connectivity index (χ3v) is 9.37. The molecule has 1 amide bonds. The monoisotopic (exact) mass is 492 g/mol. The second kappa shape index (κ2) is 9.20. The van der Waals surface area contributed by atoms with Gasteiger partial charge in [0, 0.05) is 11.4 Å². The summed E-state index contributed by atoms with van der Waals surface area (Å²) in [4.78, 5) is 35.3. The maximum Gasteiger partial charge on any atom is 0.337 e. The first-order chi connectivity index (χ1) is 16.7. The van der Waals surface area contributed by atoms with E-state index in [4.69, 9.17) is 9.73 Å². The third kappa shape index (κ3) is 4.82. The lowest BCUT2D eigenvalue weighted by molar-refractivity contribution is -0.129. The van der Waals surface area contributed by atoms with Gasteiger partial charge >= 0.3 is 5.97 Å². The lowest BCUT2D eigenvalue weighted by atomic mass is 9.69. The molecule has 1 spiro atoms. The largest absolute Gasteiger partial charge is 0.465 e. The van der Waals surface area contributed by atoms with Crippen LogP contribution in [0.5, 0.6) is 0 Å². The van der Waals surface area contributed by atoms with Crippen molar-refractivity contribution in [2.75, 3.05) is 13.7 Å². The first-order valence-corrected chi connectivity index (χ1v) is 13.7. The molecule has 0 saturated heterocycles. The number of esters is 1. The third-order valence-electron chi connectivity index (χ3n) is 8.12. The molecule has 2 aliphatic carbocycles. The molecule has 2 aromatic rings. The number of carbonyl (C=O) groups excluding carboxylic acids is 2. The van der Waals surface area contributed by atoms with Crippen molar-refractivity contribution in [1.82, 2.24) is 4.90 Å². The van der Waals surface area contributed by atoms with Gasteiger partial charge in [-0.1, -0.05) is 32.9 Å². The Hall–Kier alpha value is -2.47. The summed E-state index contributed by atoms with van der Waals surface area (Å²) in [5, 5.41) is 0. The van der Waals surface area contributed by atoms with Crippen LogP contribution < -0.4 is 0 Å². The number of aliphatic imine (C=N–C) groups is 1. The van der Waals surface area contributed by atoms with E-state index >= 15 is 0 Å². The minimum absolute atomic E-state index is 0.0783.